The number of halogens is 1. The summed E-state index contributed by atoms with van der Waals surface area (Å²) in [6, 6.07) is 2.25. The van der Waals surface area contributed by atoms with E-state index in [1.807, 2.05) is 0 Å². The van der Waals surface area contributed by atoms with Crippen molar-refractivity contribution in [2.24, 2.45) is 0 Å². The normalized spacial score (nSPS) is 14.8. The Balaban J connectivity index is 3.71. The average molecular weight is 339 g/mol. The van der Waals surface area contributed by atoms with Gasteiger partial charge in [0.05, 0.1) is 31.2 Å². The van der Waals surface area contributed by atoms with Crippen LogP contribution < -0.4 is 0 Å². The van der Waals surface area contributed by atoms with E-state index in [-0.39, 0.29) is 25.6 Å². The van der Waals surface area contributed by atoms with E-state index in [1.165, 1.54) is 0 Å². The molecule has 2 unspecified atom stereocenters. The topological polar surface area (TPSA) is 88.5 Å². The standard InChI is InChI=1S/C12H15ClO5S2/c1-4-7(2)19(16)11-9(20(3,17)18)6-5-8(10(11)13)12(14)15/h5-7H,4H2,1-3H3,(H,14,15). The first-order valence-electron chi connectivity index (χ1n) is 5.77. The maximum atomic E-state index is 12.4. The molecule has 0 aromatic heterocycles. The quantitative estimate of drug-likeness (QED) is 0.890. The summed E-state index contributed by atoms with van der Waals surface area (Å²) in [7, 11) is -5.35. The number of aromatic carboxylic acids is 1. The molecule has 0 spiro atoms. The predicted molar refractivity (Wildman–Crippen MR) is 77.7 cm³/mol. The number of rotatable bonds is 5. The minimum Gasteiger partial charge on any atom is -0.478 e. The first-order chi connectivity index (χ1) is 9.11. The molecular weight excluding hydrogens is 324 g/mol. The highest BCUT2D eigenvalue weighted by Crippen LogP contribution is 2.32. The molecule has 1 N–H and O–H groups in total. The summed E-state index contributed by atoms with van der Waals surface area (Å²) in [6.45, 7) is 3.49. The molecule has 0 aliphatic heterocycles. The molecule has 20 heavy (non-hydrogen) atoms. The van der Waals surface area contributed by atoms with Gasteiger partial charge in [0.2, 0.25) is 0 Å². The second kappa shape index (κ2) is 6.24. The van der Waals surface area contributed by atoms with Crippen LogP contribution in [0.25, 0.3) is 0 Å². The third-order valence-electron chi connectivity index (χ3n) is 2.83. The lowest BCUT2D eigenvalue weighted by molar-refractivity contribution is 0.0696. The third kappa shape index (κ3) is 3.39. The van der Waals surface area contributed by atoms with Crippen molar-refractivity contribution in [1.29, 1.82) is 0 Å². The Morgan fingerprint density at radius 2 is 2.00 bits per heavy atom. The number of carboxylic acid groups (broad SMARTS) is 1. The van der Waals surface area contributed by atoms with Crippen LogP contribution in [0, 0.1) is 0 Å². The van der Waals surface area contributed by atoms with E-state index in [9.17, 15) is 17.4 Å². The van der Waals surface area contributed by atoms with Gasteiger partial charge in [-0.15, -0.1) is 0 Å². The second-order valence-corrected chi connectivity index (χ2v) is 8.52. The van der Waals surface area contributed by atoms with Crippen LogP contribution >= 0.6 is 11.6 Å². The molecule has 8 heteroatoms. The fraction of sp³-hybridized carbons (Fsp3) is 0.417. The molecule has 1 rings (SSSR count). The summed E-state index contributed by atoms with van der Waals surface area (Å²) in [5.41, 5.74) is -0.259. The zero-order chi connectivity index (χ0) is 15.7. The van der Waals surface area contributed by atoms with E-state index in [1.54, 1.807) is 13.8 Å². The van der Waals surface area contributed by atoms with Crippen molar-refractivity contribution in [2.75, 3.05) is 6.26 Å². The van der Waals surface area contributed by atoms with Crippen molar-refractivity contribution in [2.45, 2.75) is 35.3 Å². The van der Waals surface area contributed by atoms with Gasteiger partial charge in [0.25, 0.3) is 0 Å². The van der Waals surface area contributed by atoms with E-state index in [2.05, 4.69) is 0 Å². The first-order valence-corrected chi connectivity index (χ1v) is 9.25. The van der Waals surface area contributed by atoms with Crippen LogP contribution in [-0.4, -0.2) is 35.2 Å². The highest BCUT2D eigenvalue weighted by Gasteiger charge is 2.27. The zero-order valence-corrected chi connectivity index (χ0v) is 13.6. The van der Waals surface area contributed by atoms with Gasteiger partial charge in [0, 0.05) is 11.5 Å². The molecule has 0 fully saturated rings. The molecular formula is C12H15ClO5S2. The number of hydrogen-bond donors (Lipinski definition) is 1. The summed E-state index contributed by atoms with van der Waals surface area (Å²) >= 11 is 5.97. The van der Waals surface area contributed by atoms with Gasteiger partial charge >= 0.3 is 5.97 Å². The van der Waals surface area contributed by atoms with Crippen LogP contribution in [0.2, 0.25) is 5.02 Å². The molecule has 0 bridgehead atoms. The van der Waals surface area contributed by atoms with Crippen LogP contribution in [0.5, 0.6) is 0 Å². The van der Waals surface area contributed by atoms with Crippen LogP contribution in [0.15, 0.2) is 21.9 Å². The molecule has 5 nitrogen and oxygen atoms in total. The fourth-order valence-corrected chi connectivity index (χ4v) is 4.78. The molecule has 1 aromatic rings. The highest BCUT2D eigenvalue weighted by molar-refractivity contribution is 7.92. The Morgan fingerprint density at radius 3 is 2.40 bits per heavy atom. The Kier molecular flexibility index (Phi) is 5.34. The Bertz CT molecular complexity index is 667. The van der Waals surface area contributed by atoms with E-state index >= 15 is 0 Å². The number of carboxylic acids is 1. The fourth-order valence-electron chi connectivity index (χ4n) is 1.54. The van der Waals surface area contributed by atoms with Gasteiger partial charge in [0.15, 0.2) is 9.84 Å². The van der Waals surface area contributed by atoms with Crippen LogP contribution in [0.4, 0.5) is 0 Å². The molecule has 0 saturated carbocycles. The van der Waals surface area contributed by atoms with Crippen molar-refractivity contribution in [3.63, 3.8) is 0 Å². The lowest BCUT2D eigenvalue weighted by atomic mass is 10.2. The van der Waals surface area contributed by atoms with Gasteiger partial charge in [-0.3, -0.25) is 4.21 Å². The third-order valence-corrected chi connectivity index (χ3v) is 6.50. The maximum absolute atomic E-state index is 12.4. The van der Waals surface area contributed by atoms with Gasteiger partial charge < -0.3 is 5.11 Å². The minimum absolute atomic E-state index is 0.122. The monoisotopic (exact) mass is 338 g/mol. The van der Waals surface area contributed by atoms with Gasteiger partial charge in [-0.2, -0.15) is 0 Å². The molecule has 0 aliphatic rings. The number of sulfone groups is 1. The maximum Gasteiger partial charge on any atom is 0.337 e. The number of carbonyl (C=O) groups is 1. The molecule has 0 saturated heterocycles. The summed E-state index contributed by atoms with van der Waals surface area (Å²) < 4.78 is 35.9. The van der Waals surface area contributed by atoms with Gasteiger partial charge in [-0.1, -0.05) is 25.4 Å². The van der Waals surface area contributed by atoms with E-state index in [0.717, 1.165) is 18.4 Å². The summed E-state index contributed by atoms with van der Waals surface area (Å²) in [6.07, 6.45) is 1.51. The minimum atomic E-state index is -3.66. The molecule has 0 aliphatic carbocycles. The van der Waals surface area contributed by atoms with Gasteiger partial charge in [0.1, 0.15) is 0 Å². The molecule has 0 amide bonds. The molecule has 2 atom stereocenters. The Morgan fingerprint density at radius 1 is 1.45 bits per heavy atom. The number of benzene rings is 1. The lowest BCUT2D eigenvalue weighted by Gasteiger charge is -2.15. The zero-order valence-electron chi connectivity index (χ0n) is 11.2. The Hall–Kier alpha value is -0.920. The van der Waals surface area contributed by atoms with E-state index in [4.69, 9.17) is 16.7 Å². The van der Waals surface area contributed by atoms with Crippen LogP contribution in [-0.2, 0) is 20.6 Å². The summed E-state index contributed by atoms with van der Waals surface area (Å²) in [5, 5.41) is 8.41. The highest BCUT2D eigenvalue weighted by atomic mass is 35.5. The second-order valence-electron chi connectivity index (χ2n) is 4.35. The SMILES string of the molecule is CCC(C)S(=O)c1c(S(C)(=O)=O)ccc(C(=O)O)c1Cl. The van der Waals surface area contributed by atoms with E-state index < -0.39 is 26.6 Å². The van der Waals surface area contributed by atoms with Crippen molar-refractivity contribution >= 4 is 38.2 Å². The van der Waals surface area contributed by atoms with Crippen molar-refractivity contribution in [1.82, 2.24) is 0 Å². The van der Waals surface area contributed by atoms with Crippen LogP contribution in [0.3, 0.4) is 0 Å². The summed E-state index contributed by atoms with van der Waals surface area (Å²) in [4.78, 5) is 10.8. The Labute approximate surface area is 125 Å². The predicted octanol–water partition coefficient (Wildman–Crippen LogP) is 2.35. The number of hydrogen-bond acceptors (Lipinski definition) is 4. The van der Waals surface area contributed by atoms with Gasteiger partial charge in [-0.05, 0) is 18.6 Å². The molecule has 0 radical (unpaired) electrons. The van der Waals surface area contributed by atoms with E-state index in [0.29, 0.717) is 6.42 Å². The van der Waals surface area contributed by atoms with Crippen molar-refractivity contribution in [3.8, 4) is 0 Å². The largest absolute Gasteiger partial charge is 0.478 e. The average Bonchev–Trinajstić information content (AvgIpc) is 2.34. The smallest absolute Gasteiger partial charge is 0.337 e. The van der Waals surface area contributed by atoms with Crippen LogP contribution in [0.1, 0.15) is 30.6 Å². The summed E-state index contributed by atoms with van der Waals surface area (Å²) in [5.74, 6) is -1.29. The van der Waals surface area contributed by atoms with Crippen molar-refractivity contribution in [3.05, 3.63) is 22.7 Å². The molecule has 1 aromatic carbocycles. The van der Waals surface area contributed by atoms with Gasteiger partial charge in [-0.25, -0.2) is 13.2 Å². The first kappa shape index (κ1) is 17.1. The molecule has 0 heterocycles. The lowest BCUT2D eigenvalue weighted by Crippen LogP contribution is -2.15. The van der Waals surface area contributed by atoms with Crippen molar-refractivity contribution < 1.29 is 22.5 Å². The molecule has 112 valence electrons.